The number of para-hydroxylation sites is 1. The third kappa shape index (κ3) is 3.74. The molecular weight excluding hydrogens is 312 g/mol. The van der Waals surface area contributed by atoms with Gasteiger partial charge in [-0.05, 0) is 37.9 Å². The third-order valence-corrected chi connectivity index (χ3v) is 3.98. The van der Waals surface area contributed by atoms with E-state index in [2.05, 4.69) is 22.7 Å². The molecule has 3 rings (SSSR count). The summed E-state index contributed by atoms with van der Waals surface area (Å²) in [4.78, 5) is 12.4. The fourth-order valence-corrected chi connectivity index (χ4v) is 2.93. The molecule has 0 saturated heterocycles. The summed E-state index contributed by atoms with van der Waals surface area (Å²) in [6.45, 7) is 4.37. The van der Waals surface area contributed by atoms with E-state index < -0.39 is 0 Å². The summed E-state index contributed by atoms with van der Waals surface area (Å²) < 4.78 is 1.93. The van der Waals surface area contributed by atoms with Crippen molar-refractivity contribution < 1.29 is 4.79 Å². The first-order valence-corrected chi connectivity index (χ1v) is 7.96. The second-order valence-electron chi connectivity index (χ2n) is 5.48. The lowest BCUT2D eigenvalue weighted by Crippen LogP contribution is -2.32. The third-order valence-electron chi connectivity index (χ3n) is 3.98. The highest BCUT2D eigenvalue weighted by Crippen LogP contribution is 2.27. The summed E-state index contributed by atoms with van der Waals surface area (Å²) in [7, 11) is 0. The number of nitrogens with zero attached hydrogens (tertiary/aromatic N) is 2. The highest BCUT2D eigenvalue weighted by Gasteiger charge is 2.26. The summed E-state index contributed by atoms with van der Waals surface area (Å²) in [6.07, 6.45) is 3.03. The molecule has 0 radical (unpaired) electrons. The van der Waals surface area contributed by atoms with Crippen molar-refractivity contribution in [3.63, 3.8) is 0 Å². The van der Waals surface area contributed by atoms with Gasteiger partial charge in [0, 0.05) is 24.3 Å². The van der Waals surface area contributed by atoms with Crippen molar-refractivity contribution in [2.75, 3.05) is 19.6 Å². The predicted octanol–water partition coefficient (Wildman–Crippen LogP) is 2.12. The Morgan fingerprint density at radius 3 is 2.74 bits per heavy atom. The van der Waals surface area contributed by atoms with Gasteiger partial charge in [0.15, 0.2) is 5.69 Å². The van der Waals surface area contributed by atoms with E-state index in [0.717, 1.165) is 43.6 Å². The molecule has 0 aliphatic heterocycles. The molecule has 2 aromatic rings. The van der Waals surface area contributed by atoms with Crippen LogP contribution in [0.1, 0.15) is 35.1 Å². The van der Waals surface area contributed by atoms with Crippen molar-refractivity contribution in [2.45, 2.75) is 26.2 Å². The van der Waals surface area contributed by atoms with Crippen LogP contribution in [0.25, 0.3) is 5.69 Å². The molecule has 0 bridgehead atoms. The molecule has 1 aromatic heterocycles. The maximum absolute atomic E-state index is 12.4. The SMILES string of the molecule is CCNCCNC(=O)c1nn(-c2ccccc2)c2c1CCC2.Cl. The number of hydrogen-bond donors (Lipinski definition) is 2. The molecule has 0 fully saturated rings. The van der Waals surface area contributed by atoms with E-state index in [1.165, 1.54) is 5.69 Å². The highest BCUT2D eigenvalue weighted by atomic mass is 35.5. The lowest BCUT2D eigenvalue weighted by molar-refractivity contribution is 0.0947. The Balaban J connectivity index is 0.00000192. The molecule has 1 aromatic carbocycles. The average molecular weight is 335 g/mol. The topological polar surface area (TPSA) is 58.9 Å². The van der Waals surface area contributed by atoms with E-state index in [4.69, 9.17) is 0 Å². The number of nitrogens with one attached hydrogen (secondary N) is 2. The molecule has 5 nitrogen and oxygen atoms in total. The number of carbonyl (C=O) groups is 1. The van der Waals surface area contributed by atoms with E-state index in [9.17, 15) is 4.79 Å². The lowest BCUT2D eigenvalue weighted by atomic mass is 10.2. The summed E-state index contributed by atoms with van der Waals surface area (Å²) in [5.41, 5.74) is 3.91. The molecule has 0 atom stereocenters. The van der Waals surface area contributed by atoms with E-state index in [-0.39, 0.29) is 18.3 Å². The van der Waals surface area contributed by atoms with Gasteiger partial charge in [-0.3, -0.25) is 4.79 Å². The predicted molar refractivity (Wildman–Crippen MR) is 93.7 cm³/mol. The highest BCUT2D eigenvalue weighted by molar-refractivity contribution is 5.94. The van der Waals surface area contributed by atoms with Crippen molar-refractivity contribution in [3.05, 3.63) is 47.3 Å². The van der Waals surface area contributed by atoms with Gasteiger partial charge in [0.2, 0.25) is 0 Å². The number of halogens is 1. The van der Waals surface area contributed by atoms with Crippen LogP contribution in [0, 0.1) is 0 Å². The maximum Gasteiger partial charge on any atom is 0.272 e. The van der Waals surface area contributed by atoms with E-state index in [0.29, 0.717) is 12.2 Å². The molecule has 0 saturated carbocycles. The molecule has 1 amide bonds. The molecule has 1 aliphatic carbocycles. The fourth-order valence-electron chi connectivity index (χ4n) is 2.93. The summed E-state index contributed by atoms with van der Waals surface area (Å²) in [5.74, 6) is -0.0641. The molecule has 2 N–H and O–H groups in total. The van der Waals surface area contributed by atoms with Gasteiger partial charge in [-0.1, -0.05) is 25.1 Å². The molecule has 0 unspecified atom stereocenters. The van der Waals surface area contributed by atoms with Gasteiger partial charge in [-0.15, -0.1) is 12.4 Å². The second-order valence-corrected chi connectivity index (χ2v) is 5.48. The normalized spacial score (nSPS) is 12.6. The van der Waals surface area contributed by atoms with Crippen LogP contribution in [0.3, 0.4) is 0 Å². The molecule has 1 aliphatic rings. The molecule has 0 spiro atoms. The van der Waals surface area contributed by atoms with Crippen molar-refractivity contribution in [3.8, 4) is 5.69 Å². The van der Waals surface area contributed by atoms with Crippen LogP contribution in [-0.4, -0.2) is 35.3 Å². The van der Waals surface area contributed by atoms with Crippen LogP contribution in [0.5, 0.6) is 0 Å². The van der Waals surface area contributed by atoms with Gasteiger partial charge in [-0.25, -0.2) is 4.68 Å². The van der Waals surface area contributed by atoms with E-state index in [1.807, 2.05) is 35.0 Å². The summed E-state index contributed by atoms with van der Waals surface area (Å²) in [5, 5.41) is 10.7. The zero-order valence-electron chi connectivity index (χ0n) is 13.3. The first-order valence-electron chi connectivity index (χ1n) is 7.96. The number of amides is 1. The summed E-state index contributed by atoms with van der Waals surface area (Å²) >= 11 is 0. The van der Waals surface area contributed by atoms with Gasteiger partial charge in [0.05, 0.1) is 5.69 Å². The van der Waals surface area contributed by atoms with Gasteiger partial charge in [0.25, 0.3) is 5.91 Å². The quantitative estimate of drug-likeness (QED) is 0.796. The van der Waals surface area contributed by atoms with Crippen LogP contribution >= 0.6 is 12.4 Å². The minimum atomic E-state index is -0.0641. The monoisotopic (exact) mass is 334 g/mol. The molecule has 23 heavy (non-hydrogen) atoms. The Hall–Kier alpha value is -1.85. The van der Waals surface area contributed by atoms with Crippen LogP contribution in [0.4, 0.5) is 0 Å². The molecule has 6 heteroatoms. The van der Waals surface area contributed by atoms with Gasteiger partial charge in [-0.2, -0.15) is 5.10 Å². The largest absolute Gasteiger partial charge is 0.349 e. The average Bonchev–Trinajstić information content (AvgIpc) is 3.14. The second kappa shape index (κ2) is 8.13. The van der Waals surface area contributed by atoms with Crippen molar-refractivity contribution in [1.29, 1.82) is 0 Å². The number of benzene rings is 1. The van der Waals surface area contributed by atoms with Crippen molar-refractivity contribution in [2.24, 2.45) is 0 Å². The van der Waals surface area contributed by atoms with Gasteiger partial charge < -0.3 is 10.6 Å². The number of hydrogen-bond acceptors (Lipinski definition) is 3. The zero-order chi connectivity index (χ0) is 15.4. The van der Waals surface area contributed by atoms with Crippen molar-refractivity contribution >= 4 is 18.3 Å². The van der Waals surface area contributed by atoms with Crippen LogP contribution < -0.4 is 10.6 Å². The molecular formula is C17H23ClN4O. The van der Waals surface area contributed by atoms with Gasteiger partial charge in [0.1, 0.15) is 0 Å². The summed E-state index contributed by atoms with van der Waals surface area (Å²) in [6, 6.07) is 10.0. The Labute approximate surface area is 142 Å². The first-order chi connectivity index (χ1) is 10.8. The van der Waals surface area contributed by atoms with Crippen LogP contribution in [0.15, 0.2) is 30.3 Å². The minimum Gasteiger partial charge on any atom is -0.349 e. The molecule has 1 heterocycles. The Morgan fingerprint density at radius 1 is 1.22 bits per heavy atom. The zero-order valence-corrected chi connectivity index (χ0v) is 14.2. The molecule has 124 valence electrons. The van der Waals surface area contributed by atoms with E-state index in [1.54, 1.807) is 0 Å². The smallest absolute Gasteiger partial charge is 0.272 e. The van der Waals surface area contributed by atoms with Crippen LogP contribution in [0.2, 0.25) is 0 Å². The maximum atomic E-state index is 12.4. The fraction of sp³-hybridized carbons (Fsp3) is 0.412. The lowest BCUT2D eigenvalue weighted by Gasteiger charge is -2.05. The minimum absolute atomic E-state index is 0. The number of carbonyl (C=O) groups excluding carboxylic acids is 1. The van der Waals surface area contributed by atoms with Gasteiger partial charge >= 0.3 is 0 Å². The van der Waals surface area contributed by atoms with E-state index >= 15 is 0 Å². The first kappa shape index (κ1) is 17.5. The van der Waals surface area contributed by atoms with Crippen LogP contribution in [-0.2, 0) is 12.8 Å². The number of likely N-dealkylation sites (N-methyl/N-ethyl adjacent to an activating group) is 1. The Bertz CT molecular complexity index is 654. The Morgan fingerprint density at radius 2 is 2.00 bits per heavy atom. The number of aromatic nitrogens is 2. The standard InChI is InChI=1S/C17H22N4O.ClH/c1-2-18-11-12-19-17(22)16-14-9-6-10-15(14)21(20-16)13-7-4-3-5-8-13;/h3-5,7-8,18H,2,6,9-12H2,1H3,(H,19,22);1H. The number of fused-ring (bicyclic) bond motifs is 1. The number of rotatable bonds is 6. The van der Waals surface area contributed by atoms with Crippen molar-refractivity contribution in [1.82, 2.24) is 20.4 Å². The Kier molecular flexibility index (Phi) is 6.19.